The van der Waals surface area contributed by atoms with Crippen LogP contribution in [0.4, 0.5) is 5.69 Å². The predicted octanol–water partition coefficient (Wildman–Crippen LogP) is 4.05. The van der Waals surface area contributed by atoms with Crippen molar-refractivity contribution >= 4 is 16.5 Å². The smallest absolute Gasteiger partial charge is 0.0449 e. The van der Waals surface area contributed by atoms with E-state index in [1.54, 1.807) is 0 Å². The SMILES string of the molecule is CC(C)C1CNC(C)(C)CN1c1cccc2ccccc12. The molecular weight excluding hydrogens is 256 g/mol. The van der Waals surface area contributed by atoms with Gasteiger partial charge in [0.2, 0.25) is 0 Å². The van der Waals surface area contributed by atoms with Crippen molar-refractivity contribution in [2.75, 3.05) is 18.0 Å². The molecule has 0 bridgehead atoms. The number of hydrogen-bond acceptors (Lipinski definition) is 2. The number of anilines is 1. The Hall–Kier alpha value is -1.54. The molecule has 2 nitrogen and oxygen atoms in total. The van der Waals surface area contributed by atoms with Crippen molar-refractivity contribution < 1.29 is 0 Å². The molecule has 0 aromatic heterocycles. The van der Waals surface area contributed by atoms with Crippen LogP contribution in [0.5, 0.6) is 0 Å². The van der Waals surface area contributed by atoms with Gasteiger partial charge in [0.15, 0.2) is 0 Å². The van der Waals surface area contributed by atoms with Crippen LogP contribution >= 0.6 is 0 Å². The molecule has 2 aromatic rings. The molecule has 1 atom stereocenters. The third-order valence-corrected chi connectivity index (χ3v) is 4.60. The van der Waals surface area contributed by atoms with E-state index in [1.807, 2.05) is 0 Å². The number of nitrogens with one attached hydrogen (secondary N) is 1. The second kappa shape index (κ2) is 5.34. The highest BCUT2D eigenvalue weighted by molar-refractivity contribution is 5.94. The Bertz CT molecular complexity index is 625. The summed E-state index contributed by atoms with van der Waals surface area (Å²) < 4.78 is 0. The molecule has 0 saturated carbocycles. The Labute approximate surface area is 128 Å². The Morgan fingerprint density at radius 2 is 1.81 bits per heavy atom. The minimum atomic E-state index is 0.155. The molecule has 3 rings (SSSR count). The fourth-order valence-corrected chi connectivity index (χ4v) is 3.41. The molecule has 1 heterocycles. The molecule has 21 heavy (non-hydrogen) atoms. The summed E-state index contributed by atoms with van der Waals surface area (Å²) in [7, 11) is 0. The fraction of sp³-hybridized carbons (Fsp3) is 0.474. The van der Waals surface area contributed by atoms with Crippen molar-refractivity contribution in [2.24, 2.45) is 5.92 Å². The Balaban J connectivity index is 2.09. The summed E-state index contributed by atoms with van der Waals surface area (Å²) in [6.45, 7) is 11.3. The molecule has 112 valence electrons. The van der Waals surface area contributed by atoms with Crippen LogP contribution < -0.4 is 10.2 Å². The van der Waals surface area contributed by atoms with Crippen LogP contribution in [0.25, 0.3) is 10.8 Å². The van der Waals surface area contributed by atoms with Crippen molar-refractivity contribution in [3.05, 3.63) is 42.5 Å². The van der Waals surface area contributed by atoms with Gasteiger partial charge in [-0.1, -0.05) is 50.2 Å². The number of rotatable bonds is 2. The molecule has 2 heteroatoms. The lowest BCUT2D eigenvalue weighted by molar-refractivity contribution is 0.277. The number of nitrogens with zero attached hydrogens (tertiary/aromatic N) is 1. The quantitative estimate of drug-likeness (QED) is 0.894. The topological polar surface area (TPSA) is 15.3 Å². The van der Waals surface area contributed by atoms with E-state index in [4.69, 9.17) is 0 Å². The van der Waals surface area contributed by atoms with Crippen molar-refractivity contribution in [3.8, 4) is 0 Å². The van der Waals surface area contributed by atoms with E-state index in [1.165, 1.54) is 16.5 Å². The van der Waals surface area contributed by atoms with Gasteiger partial charge >= 0.3 is 0 Å². The lowest BCUT2D eigenvalue weighted by Gasteiger charge is -2.48. The van der Waals surface area contributed by atoms with E-state index in [0.29, 0.717) is 12.0 Å². The fourth-order valence-electron chi connectivity index (χ4n) is 3.41. The average molecular weight is 282 g/mol. The van der Waals surface area contributed by atoms with Gasteiger partial charge < -0.3 is 10.2 Å². The lowest BCUT2D eigenvalue weighted by Crippen LogP contribution is -2.63. The first-order valence-corrected chi connectivity index (χ1v) is 7.97. The highest BCUT2D eigenvalue weighted by Crippen LogP contribution is 2.32. The van der Waals surface area contributed by atoms with Gasteiger partial charge in [-0.2, -0.15) is 0 Å². The largest absolute Gasteiger partial charge is 0.365 e. The maximum absolute atomic E-state index is 3.70. The molecular formula is C19H26N2. The van der Waals surface area contributed by atoms with Crippen LogP contribution in [0.15, 0.2) is 42.5 Å². The molecule has 1 N–H and O–H groups in total. The summed E-state index contributed by atoms with van der Waals surface area (Å²) in [4.78, 5) is 2.61. The van der Waals surface area contributed by atoms with Gasteiger partial charge in [-0.3, -0.25) is 0 Å². The summed E-state index contributed by atoms with van der Waals surface area (Å²) in [6, 6.07) is 15.9. The van der Waals surface area contributed by atoms with Gasteiger partial charge in [0.1, 0.15) is 0 Å². The maximum atomic E-state index is 3.70. The molecule has 1 saturated heterocycles. The molecule has 0 amide bonds. The van der Waals surface area contributed by atoms with Crippen molar-refractivity contribution in [2.45, 2.75) is 39.3 Å². The molecule has 0 spiro atoms. The monoisotopic (exact) mass is 282 g/mol. The van der Waals surface area contributed by atoms with E-state index >= 15 is 0 Å². The molecule has 0 aliphatic carbocycles. The van der Waals surface area contributed by atoms with E-state index < -0.39 is 0 Å². The number of benzene rings is 2. The standard InChI is InChI=1S/C19H26N2/c1-14(2)18-12-20-19(3,4)13-21(18)17-11-7-9-15-8-5-6-10-16(15)17/h5-11,14,18,20H,12-13H2,1-4H3. The summed E-state index contributed by atoms with van der Waals surface area (Å²) in [6.07, 6.45) is 0. The highest BCUT2D eigenvalue weighted by Gasteiger charge is 2.34. The summed E-state index contributed by atoms with van der Waals surface area (Å²) >= 11 is 0. The van der Waals surface area contributed by atoms with E-state index in [9.17, 15) is 0 Å². The minimum Gasteiger partial charge on any atom is -0.365 e. The zero-order valence-corrected chi connectivity index (χ0v) is 13.6. The number of fused-ring (bicyclic) bond motifs is 1. The van der Waals surface area contributed by atoms with Gasteiger partial charge in [-0.25, -0.2) is 0 Å². The molecule has 1 unspecified atom stereocenters. The first-order valence-electron chi connectivity index (χ1n) is 7.97. The first-order chi connectivity index (χ1) is 9.98. The Morgan fingerprint density at radius 1 is 1.10 bits per heavy atom. The summed E-state index contributed by atoms with van der Waals surface area (Å²) in [5.74, 6) is 0.632. The van der Waals surface area contributed by atoms with Crippen LogP contribution in [0.2, 0.25) is 0 Å². The molecule has 1 aliphatic heterocycles. The average Bonchev–Trinajstić information content (AvgIpc) is 2.45. The number of hydrogen-bond donors (Lipinski definition) is 1. The van der Waals surface area contributed by atoms with Crippen molar-refractivity contribution in [1.29, 1.82) is 0 Å². The zero-order valence-electron chi connectivity index (χ0n) is 13.6. The molecule has 2 aromatic carbocycles. The van der Waals surface area contributed by atoms with Gasteiger partial charge in [-0.05, 0) is 31.2 Å². The third-order valence-electron chi connectivity index (χ3n) is 4.60. The number of piperazine rings is 1. The van der Waals surface area contributed by atoms with Gasteiger partial charge in [0.25, 0.3) is 0 Å². The van der Waals surface area contributed by atoms with Gasteiger partial charge in [0.05, 0.1) is 0 Å². The van der Waals surface area contributed by atoms with Gasteiger partial charge in [0, 0.05) is 35.7 Å². The summed E-state index contributed by atoms with van der Waals surface area (Å²) in [5.41, 5.74) is 1.53. The normalized spacial score (nSPS) is 22.0. The Kier molecular flexibility index (Phi) is 3.66. The third kappa shape index (κ3) is 2.77. The molecule has 0 radical (unpaired) electrons. The maximum Gasteiger partial charge on any atom is 0.0449 e. The second-order valence-electron chi connectivity index (χ2n) is 7.20. The van der Waals surface area contributed by atoms with Crippen LogP contribution in [0.3, 0.4) is 0 Å². The van der Waals surface area contributed by atoms with Crippen LogP contribution in [0.1, 0.15) is 27.7 Å². The minimum absolute atomic E-state index is 0.155. The van der Waals surface area contributed by atoms with E-state index in [-0.39, 0.29) is 5.54 Å². The van der Waals surface area contributed by atoms with Crippen molar-refractivity contribution in [1.82, 2.24) is 5.32 Å². The van der Waals surface area contributed by atoms with Crippen LogP contribution in [-0.2, 0) is 0 Å². The first kappa shape index (κ1) is 14.4. The van der Waals surface area contributed by atoms with Crippen LogP contribution in [0, 0.1) is 5.92 Å². The molecule has 1 aliphatic rings. The molecule has 1 fully saturated rings. The predicted molar refractivity (Wildman–Crippen MR) is 92.0 cm³/mol. The van der Waals surface area contributed by atoms with E-state index in [0.717, 1.165) is 13.1 Å². The highest BCUT2D eigenvalue weighted by atomic mass is 15.3. The van der Waals surface area contributed by atoms with Gasteiger partial charge in [-0.15, -0.1) is 0 Å². The zero-order chi connectivity index (χ0) is 15.0. The van der Waals surface area contributed by atoms with Crippen molar-refractivity contribution in [3.63, 3.8) is 0 Å². The van der Waals surface area contributed by atoms with E-state index in [2.05, 4.69) is 80.4 Å². The Morgan fingerprint density at radius 3 is 2.57 bits per heavy atom. The summed E-state index contributed by atoms with van der Waals surface area (Å²) in [5, 5.41) is 6.39. The lowest BCUT2D eigenvalue weighted by atomic mass is 9.91. The van der Waals surface area contributed by atoms with Crippen LogP contribution in [-0.4, -0.2) is 24.7 Å². The second-order valence-corrected chi connectivity index (χ2v) is 7.20.